The first kappa shape index (κ1) is 13.1. The maximum atomic E-state index is 5.04. The number of hydrogen-bond donors (Lipinski definition) is 1. The van der Waals surface area contributed by atoms with Crippen molar-refractivity contribution in [2.45, 2.75) is 6.42 Å². The number of nitrogens with zero attached hydrogens (tertiary/aromatic N) is 3. The van der Waals surface area contributed by atoms with Crippen LogP contribution in [0.15, 0.2) is 36.1 Å². The van der Waals surface area contributed by atoms with E-state index in [1.165, 1.54) is 4.88 Å². The van der Waals surface area contributed by atoms with Gasteiger partial charge in [0.05, 0.1) is 16.8 Å². The van der Waals surface area contributed by atoms with Crippen molar-refractivity contribution in [2.24, 2.45) is 0 Å². The van der Waals surface area contributed by atoms with Crippen LogP contribution in [0.4, 0.5) is 5.82 Å². The molecule has 0 aliphatic heterocycles. The highest BCUT2D eigenvalue weighted by Crippen LogP contribution is 2.26. The van der Waals surface area contributed by atoms with Crippen molar-refractivity contribution in [3.05, 3.63) is 36.1 Å². The molecule has 0 unspecified atom stereocenters. The fourth-order valence-electron chi connectivity index (χ4n) is 2.07. The van der Waals surface area contributed by atoms with Crippen molar-refractivity contribution in [3.8, 4) is 10.6 Å². The molecule has 0 spiro atoms. The molecule has 0 amide bonds. The molecule has 6 heteroatoms. The van der Waals surface area contributed by atoms with Gasteiger partial charge < -0.3 is 10.1 Å². The molecule has 0 aliphatic carbocycles. The third kappa shape index (κ3) is 2.52. The molecular weight excluding hydrogens is 272 g/mol. The van der Waals surface area contributed by atoms with Crippen LogP contribution in [0.3, 0.4) is 0 Å². The van der Waals surface area contributed by atoms with Crippen LogP contribution in [0.1, 0.15) is 6.42 Å². The number of methoxy groups -OCH3 is 1. The predicted molar refractivity (Wildman–Crippen MR) is 81.3 cm³/mol. The predicted octanol–water partition coefficient (Wildman–Crippen LogP) is 2.91. The Balaban J connectivity index is 1.88. The molecule has 3 aromatic rings. The lowest BCUT2D eigenvalue weighted by molar-refractivity contribution is 0.198. The van der Waals surface area contributed by atoms with Gasteiger partial charge in [-0.25, -0.2) is 9.97 Å². The lowest BCUT2D eigenvalue weighted by atomic mass is 10.4. The molecule has 0 aromatic carbocycles. The van der Waals surface area contributed by atoms with Crippen LogP contribution >= 0.6 is 11.3 Å². The molecule has 0 atom stereocenters. The average Bonchev–Trinajstić information content (AvgIpc) is 3.12. The minimum absolute atomic E-state index is 0.741. The standard InChI is InChI=1S/C14H16N4OS/c1-19-8-3-5-15-13-14-17-10-11(12-4-2-9-20-12)18(14)7-6-16-13/h2,4,6-7,9-10H,3,5,8H2,1H3,(H,15,16). The number of anilines is 1. The van der Waals surface area contributed by atoms with Crippen molar-refractivity contribution in [1.82, 2.24) is 14.4 Å². The van der Waals surface area contributed by atoms with Crippen LogP contribution in [0.25, 0.3) is 16.2 Å². The summed E-state index contributed by atoms with van der Waals surface area (Å²) in [4.78, 5) is 10.1. The highest BCUT2D eigenvalue weighted by molar-refractivity contribution is 7.13. The SMILES string of the molecule is COCCCNc1nccn2c(-c3cccs3)cnc12. The number of nitrogens with one attached hydrogen (secondary N) is 1. The van der Waals surface area contributed by atoms with Gasteiger partial charge in [0.25, 0.3) is 0 Å². The van der Waals surface area contributed by atoms with E-state index in [1.54, 1.807) is 24.6 Å². The molecule has 0 saturated heterocycles. The molecule has 1 N–H and O–H groups in total. The summed E-state index contributed by atoms with van der Waals surface area (Å²) in [6.45, 7) is 1.56. The fourth-order valence-corrected chi connectivity index (χ4v) is 2.81. The van der Waals surface area contributed by atoms with Gasteiger partial charge >= 0.3 is 0 Å². The number of fused-ring (bicyclic) bond motifs is 1. The van der Waals surface area contributed by atoms with E-state index in [1.807, 2.05) is 18.5 Å². The monoisotopic (exact) mass is 288 g/mol. The Hall–Kier alpha value is -1.92. The molecule has 0 fully saturated rings. The van der Waals surface area contributed by atoms with Gasteiger partial charge in [0, 0.05) is 32.7 Å². The number of imidazole rings is 1. The van der Waals surface area contributed by atoms with Crippen LogP contribution in [0, 0.1) is 0 Å². The highest BCUT2D eigenvalue weighted by atomic mass is 32.1. The third-order valence-electron chi connectivity index (χ3n) is 3.02. The zero-order valence-electron chi connectivity index (χ0n) is 11.2. The molecule has 3 aromatic heterocycles. The lowest BCUT2D eigenvalue weighted by Crippen LogP contribution is -2.07. The first-order valence-corrected chi connectivity index (χ1v) is 7.37. The second-order valence-electron chi connectivity index (χ2n) is 4.36. The molecule has 5 nitrogen and oxygen atoms in total. The van der Waals surface area contributed by atoms with E-state index in [9.17, 15) is 0 Å². The highest BCUT2D eigenvalue weighted by Gasteiger charge is 2.10. The molecule has 3 rings (SSSR count). The molecular formula is C14H16N4OS. The molecule has 3 heterocycles. The minimum Gasteiger partial charge on any atom is -0.385 e. The molecule has 0 saturated carbocycles. The van der Waals surface area contributed by atoms with E-state index >= 15 is 0 Å². The number of ether oxygens (including phenoxy) is 1. The van der Waals surface area contributed by atoms with Crippen molar-refractivity contribution >= 4 is 22.8 Å². The summed E-state index contributed by atoms with van der Waals surface area (Å²) in [6.07, 6.45) is 6.57. The zero-order valence-corrected chi connectivity index (χ0v) is 12.1. The number of aromatic nitrogens is 3. The Morgan fingerprint density at radius 1 is 1.40 bits per heavy atom. The van der Waals surface area contributed by atoms with E-state index in [0.29, 0.717) is 0 Å². The quantitative estimate of drug-likeness (QED) is 0.709. The second-order valence-corrected chi connectivity index (χ2v) is 5.31. The zero-order chi connectivity index (χ0) is 13.8. The number of rotatable bonds is 6. The first-order chi connectivity index (χ1) is 9.90. The van der Waals surface area contributed by atoms with E-state index in [0.717, 1.165) is 36.7 Å². The van der Waals surface area contributed by atoms with Crippen LogP contribution in [0.2, 0.25) is 0 Å². The Morgan fingerprint density at radius 3 is 3.15 bits per heavy atom. The summed E-state index contributed by atoms with van der Waals surface area (Å²) in [7, 11) is 1.71. The van der Waals surface area contributed by atoms with Gasteiger partial charge in [0.15, 0.2) is 11.5 Å². The van der Waals surface area contributed by atoms with Crippen molar-refractivity contribution in [3.63, 3.8) is 0 Å². The minimum atomic E-state index is 0.741. The van der Waals surface area contributed by atoms with Gasteiger partial charge in [0.1, 0.15) is 0 Å². The Kier molecular flexibility index (Phi) is 3.94. The van der Waals surface area contributed by atoms with Crippen molar-refractivity contribution in [1.29, 1.82) is 0 Å². The number of hydrogen-bond acceptors (Lipinski definition) is 5. The summed E-state index contributed by atoms with van der Waals surface area (Å²) < 4.78 is 7.11. The second kappa shape index (κ2) is 6.02. The molecule has 104 valence electrons. The van der Waals surface area contributed by atoms with Gasteiger partial charge in [-0.3, -0.25) is 4.40 Å². The normalized spacial score (nSPS) is 11.1. The van der Waals surface area contributed by atoms with E-state index < -0.39 is 0 Å². The number of thiophene rings is 1. The van der Waals surface area contributed by atoms with Crippen LogP contribution < -0.4 is 5.32 Å². The van der Waals surface area contributed by atoms with Crippen LogP contribution in [0.5, 0.6) is 0 Å². The lowest BCUT2D eigenvalue weighted by Gasteiger charge is -2.06. The van der Waals surface area contributed by atoms with Crippen molar-refractivity contribution in [2.75, 3.05) is 25.6 Å². The Morgan fingerprint density at radius 2 is 2.35 bits per heavy atom. The van der Waals surface area contributed by atoms with Crippen LogP contribution in [-0.4, -0.2) is 34.6 Å². The van der Waals surface area contributed by atoms with Gasteiger partial charge in [-0.2, -0.15) is 0 Å². The topological polar surface area (TPSA) is 51.5 Å². The van der Waals surface area contributed by atoms with Gasteiger partial charge in [-0.05, 0) is 17.9 Å². The van der Waals surface area contributed by atoms with E-state index in [2.05, 4.69) is 31.1 Å². The van der Waals surface area contributed by atoms with Crippen molar-refractivity contribution < 1.29 is 4.74 Å². The smallest absolute Gasteiger partial charge is 0.180 e. The van der Waals surface area contributed by atoms with Crippen LogP contribution in [-0.2, 0) is 4.74 Å². The summed E-state index contributed by atoms with van der Waals surface area (Å²) in [6, 6.07) is 4.14. The molecule has 20 heavy (non-hydrogen) atoms. The largest absolute Gasteiger partial charge is 0.385 e. The molecule has 0 aliphatic rings. The summed E-state index contributed by atoms with van der Waals surface area (Å²) in [5.74, 6) is 0.811. The fraction of sp³-hybridized carbons (Fsp3) is 0.286. The van der Waals surface area contributed by atoms with Gasteiger partial charge in [0.2, 0.25) is 0 Å². The first-order valence-electron chi connectivity index (χ1n) is 6.49. The Bertz CT molecular complexity index is 678. The summed E-state index contributed by atoms with van der Waals surface area (Å²) in [5, 5.41) is 5.38. The summed E-state index contributed by atoms with van der Waals surface area (Å²) >= 11 is 1.71. The maximum absolute atomic E-state index is 5.04. The molecule has 0 radical (unpaired) electrons. The third-order valence-corrected chi connectivity index (χ3v) is 3.91. The summed E-state index contributed by atoms with van der Waals surface area (Å²) in [5.41, 5.74) is 1.95. The Labute approximate surface area is 121 Å². The molecule has 0 bridgehead atoms. The van der Waals surface area contributed by atoms with E-state index in [4.69, 9.17) is 4.74 Å². The van der Waals surface area contributed by atoms with Gasteiger partial charge in [-0.1, -0.05) is 6.07 Å². The van der Waals surface area contributed by atoms with E-state index in [-0.39, 0.29) is 0 Å². The maximum Gasteiger partial charge on any atom is 0.180 e. The average molecular weight is 288 g/mol. The van der Waals surface area contributed by atoms with Gasteiger partial charge in [-0.15, -0.1) is 11.3 Å².